The van der Waals surface area contributed by atoms with E-state index in [1.165, 1.54) is 25.7 Å². The minimum absolute atomic E-state index is 0. The Morgan fingerprint density at radius 3 is 0.824 bits per heavy atom. The Bertz CT molecular complexity index is 70.9. The average Bonchev–Trinajstić information content (AvgIpc) is 2.21. The van der Waals surface area contributed by atoms with Crippen molar-refractivity contribution in [3.63, 3.8) is 0 Å². The van der Waals surface area contributed by atoms with Crippen molar-refractivity contribution in [1.29, 1.82) is 0 Å². The Morgan fingerprint density at radius 1 is 0.529 bits per heavy atom. The molecule has 0 aromatic heterocycles. The van der Waals surface area contributed by atoms with Gasteiger partial charge >= 0.3 is 26.2 Å². The van der Waals surface area contributed by atoms with E-state index in [2.05, 4.69) is 38.3 Å². The number of halogens is 2. The van der Waals surface area contributed by atoms with Gasteiger partial charge in [0.1, 0.15) is 0 Å². The van der Waals surface area contributed by atoms with Crippen molar-refractivity contribution in [1.82, 2.24) is 0 Å². The van der Waals surface area contributed by atoms with Crippen molar-refractivity contribution in [2.45, 2.75) is 53.4 Å². The molecule has 2 nitrogen and oxygen atoms in total. The summed E-state index contributed by atoms with van der Waals surface area (Å²) in [7, 11) is 0. The standard InChI is InChI=1S/2C6H14N.2ClH.Zr/c2*1-3-5-7-6-4-2;;;/h2*3-6H2,1-2H3;2*1H;/q2*-1;;;+4/p-2. The van der Waals surface area contributed by atoms with Crippen molar-refractivity contribution < 1.29 is 51.0 Å². The van der Waals surface area contributed by atoms with Crippen LogP contribution in [0.3, 0.4) is 0 Å². The van der Waals surface area contributed by atoms with Gasteiger partial charge in [-0.2, -0.15) is 0 Å². The molecule has 0 aromatic rings. The fraction of sp³-hybridized carbons (Fsp3) is 1.00. The molecule has 0 spiro atoms. The van der Waals surface area contributed by atoms with Gasteiger partial charge in [0.15, 0.2) is 0 Å². The van der Waals surface area contributed by atoms with Crippen LogP contribution in [0, 0.1) is 0 Å². The van der Waals surface area contributed by atoms with Gasteiger partial charge in [0.2, 0.25) is 0 Å². The van der Waals surface area contributed by atoms with Gasteiger partial charge in [-0.15, -0.1) is 26.2 Å². The first kappa shape index (κ1) is 31.0. The topological polar surface area (TPSA) is 28.2 Å². The van der Waals surface area contributed by atoms with Gasteiger partial charge in [0, 0.05) is 0 Å². The molecule has 0 N–H and O–H groups in total. The summed E-state index contributed by atoms with van der Waals surface area (Å²) in [6, 6.07) is 0. The molecule has 0 saturated carbocycles. The summed E-state index contributed by atoms with van der Waals surface area (Å²) in [6.07, 6.45) is 4.78. The summed E-state index contributed by atoms with van der Waals surface area (Å²) in [6.45, 7) is 12.8. The first-order valence-electron chi connectivity index (χ1n) is 6.09. The largest absolute Gasteiger partial charge is 4.00 e. The molecule has 0 unspecified atom stereocenters. The van der Waals surface area contributed by atoms with Gasteiger partial charge in [-0.1, -0.05) is 53.4 Å². The summed E-state index contributed by atoms with van der Waals surface area (Å²) in [5, 5.41) is 8.42. The molecule has 0 aliphatic rings. The molecule has 0 atom stereocenters. The summed E-state index contributed by atoms with van der Waals surface area (Å²) in [5.74, 6) is 0. The second kappa shape index (κ2) is 36.0. The third-order valence-electron chi connectivity index (χ3n) is 1.53. The number of hydrogen-bond acceptors (Lipinski definition) is 0. The fourth-order valence-electron chi connectivity index (χ4n) is 0.856. The van der Waals surface area contributed by atoms with Crippen molar-refractivity contribution in [3.8, 4) is 0 Å². The smallest absolute Gasteiger partial charge is 1.00 e. The van der Waals surface area contributed by atoms with Gasteiger partial charge in [-0.25, -0.2) is 0 Å². The van der Waals surface area contributed by atoms with Crippen molar-refractivity contribution in [3.05, 3.63) is 10.6 Å². The third kappa shape index (κ3) is 46.7. The molecule has 5 heteroatoms. The van der Waals surface area contributed by atoms with Crippen molar-refractivity contribution in [2.24, 2.45) is 0 Å². The van der Waals surface area contributed by atoms with Gasteiger partial charge in [0.05, 0.1) is 0 Å². The molecule has 104 valence electrons. The second-order valence-electron chi connectivity index (χ2n) is 3.34. The van der Waals surface area contributed by atoms with Gasteiger partial charge < -0.3 is 35.4 Å². The maximum Gasteiger partial charge on any atom is 4.00 e. The van der Waals surface area contributed by atoms with Crippen LogP contribution in [0.1, 0.15) is 53.4 Å². The van der Waals surface area contributed by atoms with Crippen LogP contribution < -0.4 is 24.8 Å². The minimum atomic E-state index is 0. The molecule has 0 amide bonds. The quantitative estimate of drug-likeness (QED) is 0.464. The number of hydrogen-bond donors (Lipinski definition) is 0. The fourth-order valence-corrected chi connectivity index (χ4v) is 0.856. The third-order valence-corrected chi connectivity index (χ3v) is 1.53. The minimum Gasteiger partial charge on any atom is -1.00 e. The molecule has 0 saturated heterocycles. The monoisotopic (exact) mass is 360 g/mol. The van der Waals surface area contributed by atoms with E-state index in [4.69, 9.17) is 0 Å². The van der Waals surface area contributed by atoms with Crippen LogP contribution in [0.5, 0.6) is 0 Å². The van der Waals surface area contributed by atoms with Gasteiger partial charge in [0.25, 0.3) is 0 Å². The summed E-state index contributed by atoms with van der Waals surface area (Å²) in [5.41, 5.74) is 0. The van der Waals surface area contributed by atoms with E-state index in [1.807, 2.05) is 0 Å². The van der Waals surface area contributed by atoms with E-state index < -0.39 is 0 Å². The summed E-state index contributed by atoms with van der Waals surface area (Å²) >= 11 is 0. The van der Waals surface area contributed by atoms with Gasteiger partial charge in [-0.05, 0) is 0 Å². The van der Waals surface area contributed by atoms with E-state index in [9.17, 15) is 0 Å². The maximum absolute atomic E-state index is 4.21. The molecule has 0 heterocycles. The Morgan fingerprint density at radius 2 is 0.706 bits per heavy atom. The number of rotatable bonds is 8. The molecule has 0 bridgehead atoms. The van der Waals surface area contributed by atoms with Crippen LogP contribution in [0.4, 0.5) is 0 Å². The van der Waals surface area contributed by atoms with E-state index in [1.54, 1.807) is 0 Å². The van der Waals surface area contributed by atoms with E-state index >= 15 is 0 Å². The van der Waals surface area contributed by atoms with Crippen LogP contribution in [-0.2, 0) is 26.2 Å². The molecule has 0 rings (SSSR count). The van der Waals surface area contributed by atoms with Crippen molar-refractivity contribution in [2.75, 3.05) is 26.2 Å². The predicted molar refractivity (Wildman–Crippen MR) is 67.4 cm³/mol. The molecule has 0 radical (unpaired) electrons. The molecule has 0 fully saturated rings. The Labute approximate surface area is 140 Å². The molecule has 17 heavy (non-hydrogen) atoms. The second-order valence-corrected chi connectivity index (χ2v) is 3.34. The van der Waals surface area contributed by atoms with Crippen LogP contribution in [0.2, 0.25) is 0 Å². The first-order chi connectivity index (χ1) is 6.83. The summed E-state index contributed by atoms with van der Waals surface area (Å²) < 4.78 is 0. The molecule has 0 aliphatic carbocycles. The predicted octanol–water partition coefficient (Wildman–Crippen LogP) is -1.63. The molecular formula is C12H28Cl2N2Zr. The summed E-state index contributed by atoms with van der Waals surface area (Å²) in [4.78, 5) is 0. The van der Waals surface area contributed by atoms with Crippen LogP contribution in [-0.4, -0.2) is 26.2 Å². The Hall–Kier alpha value is 1.38. The SMILES string of the molecule is CCC[N-]CCC.CCC[N-]CCC.[Cl-].[Cl-].[Zr+4]. The number of nitrogens with zero attached hydrogens (tertiary/aromatic N) is 2. The zero-order valence-corrected chi connectivity index (χ0v) is 15.8. The Kier molecular flexibility index (Phi) is 65.7. The Balaban J connectivity index is -0.0000000480. The van der Waals surface area contributed by atoms with Crippen LogP contribution in [0.25, 0.3) is 10.6 Å². The molecule has 0 aromatic carbocycles. The van der Waals surface area contributed by atoms with E-state index in [0.29, 0.717) is 0 Å². The maximum atomic E-state index is 4.21. The average molecular weight is 362 g/mol. The normalized spacial score (nSPS) is 7.76. The van der Waals surface area contributed by atoms with Crippen molar-refractivity contribution >= 4 is 0 Å². The molecular weight excluding hydrogens is 334 g/mol. The van der Waals surface area contributed by atoms with Crippen LogP contribution in [0.15, 0.2) is 0 Å². The zero-order chi connectivity index (χ0) is 11.1. The van der Waals surface area contributed by atoms with Crippen LogP contribution >= 0.6 is 0 Å². The van der Waals surface area contributed by atoms with E-state index in [0.717, 1.165) is 26.2 Å². The van der Waals surface area contributed by atoms with Gasteiger partial charge in [-0.3, -0.25) is 0 Å². The first-order valence-corrected chi connectivity index (χ1v) is 6.09. The molecule has 0 aliphatic heterocycles. The van der Waals surface area contributed by atoms with E-state index in [-0.39, 0.29) is 51.0 Å². The zero-order valence-electron chi connectivity index (χ0n) is 11.8.